The van der Waals surface area contributed by atoms with Crippen LogP contribution in [0.3, 0.4) is 0 Å². The zero-order chi connectivity index (χ0) is 11.8. The van der Waals surface area contributed by atoms with E-state index in [1.54, 1.807) is 0 Å². The predicted molar refractivity (Wildman–Crippen MR) is 74.8 cm³/mol. The van der Waals surface area contributed by atoms with Gasteiger partial charge in [0.1, 0.15) is 0 Å². The Morgan fingerprint density at radius 1 is 1.35 bits per heavy atom. The average molecular weight is 246 g/mol. The van der Waals surface area contributed by atoms with Crippen molar-refractivity contribution >= 4 is 21.4 Å². The summed E-state index contributed by atoms with van der Waals surface area (Å²) in [4.78, 5) is 3.87. The second-order valence-corrected chi connectivity index (χ2v) is 6.09. The molecular weight excluding hydrogens is 228 g/mol. The van der Waals surface area contributed by atoms with E-state index in [-0.39, 0.29) is 0 Å². The summed E-state index contributed by atoms with van der Waals surface area (Å²) in [6, 6.07) is 9.24. The van der Waals surface area contributed by atoms with Crippen molar-refractivity contribution in [2.75, 3.05) is 26.7 Å². The summed E-state index contributed by atoms with van der Waals surface area (Å²) in [5.74, 6) is 0. The van der Waals surface area contributed by atoms with Crippen LogP contribution in [0, 0.1) is 6.92 Å². The van der Waals surface area contributed by atoms with E-state index >= 15 is 0 Å². The van der Waals surface area contributed by atoms with Crippen molar-refractivity contribution in [1.29, 1.82) is 0 Å². The lowest BCUT2D eigenvalue weighted by molar-refractivity contribution is 0.241. The average Bonchev–Trinajstić information content (AvgIpc) is 2.64. The standard InChI is InChI=1S/C14H18N2S/c1-10-14(12-9-16(2)8-7-15-12)11-5-3-4-6-13(11)17-10/h3-6,12,15H,7-9H2,1-2H3. The number of nitrogens with one attached hydrogen (secondary N) is 1. The molecule has 17 heavy (non-hydrogen) atoms. The molecule has 3 heteroatoms. The number of rotatable bonds is 1. The van der Waals surface area contributed by atoms with Crippen LogP contribution in [-0.4, -0.2) is 31.6 Å². The molecule has 1 N–H and O–H groups in total. The molecule has 2 aromatic rings. The highest BCUT2D eigenvalue weighted by Crippen LogP contribution is 2.35. The maximum absolute atomic E-state index is 3.65. The van der Waals surface area contributed by atoms with Crippen LogP contribution in [0.5, 0.6) is 0 Å². The molecule has 1 fully saturated rings. The van der Waals surface area contributed by atoms with Crippen molar-refractivity contribution in [2.24, 2.45) is 0 Å². The third-order valence-electron chi connectivity index (χ3n) is 3.55. The summed E-state index contributed by atoms with van der Waals surface area (Å²) in [6.45, 7) is 5.60. The third-order valence-corrected chi connectivity index (χ3v) is 4.65. The van der Waals surface area contributed by atoms with Gasteiger partial charge in [0.15, 0.2) is 0 Å². The fourth-order valence-electron chi connectivity index (χ4n) is 2.71. The Balaban J connectivity index is 2.06. The quantitative estimate of drug-likeness (QED) is 0.832. The number of benzene rings is 1. The summed E-state index contributed by atoms with van der Waals surface area (Å²) in [5, 5.41) is 5.08. The van der Waals surface area contributed by atoms with Crippen molar-refractivity contribution in [3.8, 4) is 0 Å². The maximum atomic E-state index is 3.65. The molecule has 0 radical (unpaired) electrons. The molecule has 0 bridgehead atoms. The lowest BCUT2D eigenvalue weighted by atomic mass is 10.0. The second kappa shape index (κ2) is 4.41. The summed E-state index contributed by atoms with van der Waals surface area (Å²) >= 11 is 1.92. The third kappa shape index (κ3) is 1.99. The van der Waals surface area contributed by atoms with Crippen LogP contribution in [0.1, 0.15) is 16.5 Å². The van der Waals surface area contributed by atoms with Gasteiger partial charge in [-0.25, -0.2) is 0 Å². The highest BCUT2D eigenvalue weighted by Gasteiger charge is 2.22. The molecule has 2 nitrogen and oxygen atoms in total. The normalized spacial score (nSPS) is 22.1. The molecule has 1 saturated heterocycles. The van der Waals surface area contributed by atoms with E-state index in [1.807, 2.05) is 11.3 Å². The number of thiophene rings is 1. The Morgan fingerprint density at radius 3 is 3.00 bits per heavy atom. The lowest BCUT2D eigenvalue weighted by Gasteiger charge is -2.31. The van der Waals surface area contributed by atoms with E-state index in [0.29, 0.717) is 6.04 Å². The summed E-state index contributed by atoms with van der Waals surface area (Å²) in [6.07, 6.45) is 0. The van der Waals surface area contributed by atoms with Crippen LogP contribution in [0.15, 0.2) is 24.3 Å². The smallest absolute Gasteiger partial charge is 0.0466 e. The molecule has 90 valence electrons. The van der Waals surface area contributed by atoms with Gasteiger partial charge in [-0.05, 0) is 31.0 Å². The molecule has 3 rings (SSSR count). The van der Waals surface area contributed by atoms with Crippen molar-refractivity contribution in [1.82, 2.24) is 10.2 Å². The molecular formula is C14H18N2S. The van der Waals surface area contributed by atoms with Crippen LogP contribution < -0.4 is 5.32 Å². The number of likely N-dealkylation sites (N-methyl/N-ethyl adjacent to an activating group) is 1. The van der Waals surface area contributed by atoms with E-state index in [4.69, 9.17) is 0 Å². The molecule has 1 atom stereocenters. The van der Waals surface area contributed by atoms with E-state index in [2.05, 4.69) is 48.5 Å². The summed E-state index contributed by atoms with van der Waals surface area (Å²) in [5.41, 5.74) is 1.51. The number of nitrogens with zero attached hydrogens (tertiary/aromatic N) is 1. The first-order valence-electron chi connectivity index (χ1n) is 6.15. The first kappa shape index (κ1) is 11.2. The lowest BCUT2D eigenvalue weighted by Crippen LogP contribution is -2.43. The Morgan fingerprint density at radius 2 is 2.18 bits per heavy atom. The van der Waals surface area contributed by atoms with E-state index in [1.165, 1.54) is 20.5 Å². The Bertz CT molecular complexity index is 532. The van der Waals surface area contributed by atoms with Crippen LogP contribution in [-0.2, 0) is 0 Å². The SMILES string of the molecule is Cc1sc2ccccc2c1C1CN(C)CCN1. The molecule has 1 unspecified atom stereocenters. The van der Waals surface area contributed by atoms with Crippen molar-refractivity contribution < 1.29 is 0 Å². The number of aryl methyl sites for hydroxylation is 1. The summed E-state index contributed by atoms with van der Waals surface area (Å²) in [7, 11) is 2.21. The first-order valence-corrected chi connectivity index (χ1v) is 6.97. The van der Waals surface area contributed by atoms with E-state index < -0.39 is 0 Å². The zero-order valence-electron chi connectivity index (χ0n) is 10.4. The van der Waals surface area contributed by atoms with Crippen molar-refractivity contribution in [2.45, 2.75) is 13.0 Å². The molecule has 1 aromatic heterocycles. The van der Waals surface area contributed by atoms with Gasteiger partial charge in [0.25, 0.3) is 0 Å². The van der Waals surface area contributed by atoms with Crippen LogP contribution in [0.25, 0.3) is 10.1 Å². The van der Waals surface area contributed by atoms with E-state index in [0.717, 1.165) is 19.6 Å². The molecule has 1 aliphatic heterocycles. The van der Waals surface area contributed by atoms with Gasteiger partial charge in [-0.2, -0.15) is 0 Å². The van der Waals surface area contributed by atoms with Gasteiger partial charge in [0.2, 0.25) is 0 Å². The van der Waals surface area contributed by atoms with Crippen LogP contribution >= 0.6 is 11.3 Å². The highest BCUT2D eigenvalue weighted by atomic mass is 32.1. The maximum Gasteiger partial charge on any atom is 0.0466 e. The zero-order valence-corrected chi connectivity index (χ0v) is 11.2. The van der Waals surface area contributed by atoms with E-state index in [9.17, 15) is 0 Å². The van der Waals surface area contributed by atoms with Crippen molar-refractivity contribution in [3.05, 3.63) is 34.7 Å². The van der Waals surface area contributed by atoms with Gasteiger partial charge >= 0.3 is 0 Å². The minimum Gasteiger partial charge on any atom is -0.308 e. The molecule has 1 aliphatic rings. The van der Waals surface area contributed by atoms with Crippen LogP contribution in [0.2, 0.25) is 0 Å². The Kier molecular flexibility index (Phi) is 2.90. The number of hydrogen-bond donors (Lipinski definition) is 1. The van der Waals surface area contributed by atoms with Crippen LogP contribution in [0.4, 0.5) is 0 Å². The van der Waals surface area contributed by atoms with Gasteiger partial charge in [-0.15, -0.1) is 11.3 Å². The Hall–Kier alpha value is -0.900. The van der Waals surface area contributed by atoms with Gasteiger partial charge in [0, 0.05) is 35.3 Å². The monoisotopic (exact) mass is 246 g/mol. The number of fused-ring (bicyclic) bond motifs is 1. The van der Waals surface area contributed by atoms with Gasteiger partial charge < -0.3 is 10.2 Å². The summed E-state index contributed by atoms with van der Waals surface area (Å²) < 4.78 is 1.41. The molecule has 0 spiro atoms. The van der Waals surface area contributed by atoms with Gasteiger partial charge in [-0.1, -0.05) is 18.2 Å². The van der Waals surface area contributed by atoms with Crippen molar-refractivity contribution in [3.63, 3.8) is 0 Å². The van der Waals surface area contributed by atoms with Gasteiger partial charge in [0.05, 0.1) is 0 Å². The predicted octanol–water partition coefficient (Wildman–Crippen LogP) is 2.79. The number of piperazine rings is 1. The minimum absolute atomic E-state index is 0.491. The topological polar surface area (TPSA) is 15.3 Å². The molecule has 0 saturated carbocycles. The fraction of sp³-hybridized carbons (Fsp3) is 0.429. The Labute approximate surface area is 106 Å². The first-order chi connectivity index (χ1) is 8.25. The molecule has 0 aliphatic carbocycles. The second-order valence-electron chi connectivity index (χ2n) is 4.84. The fourth-order valence-corrected chi connectivity index (χ4v) is 3.84. The molecule has 1 aromatic carbocycles. The minimum atomic E-state index is 0.491. The largest absolute Gasteiger partial charge is 0.308 e. The highest BCUT2D eigenvalue weighted by molar-refractivity contribution is 7.19. The van der Waals surface area contributed by atoms with Gasteiger partial charge in [-0.3, -0.25) is 0 Å². The number of hydrogen-bond acceptors (Lipinski definition) is 3. The molecule has 0 amide bonds. The molecule has 2 heterocycles.